The van der Waals surface area contributed by atoms with Crippen LogP contribution >= 0.6 is 0 Å². The van der Waals surface area contributed by atoms with Crippen molar-refractivity contribution in [2.24, 2.45) is 5.92 Å². The molecule has 49 heavy (non-hydrogen) atoms. The molecule has 2 aliphatic rings. The van der Waals surface area contributed by atoms with E-state index in [2.05, 4.69) is 5.32 Å². The van der Waals surface area contributed by atoms with Gasteiger partial charge in [-0.05, 0) is 74.8 Å². The van der Waals surface area contributed by atoms with E-state index >= 15 is 0 Å². The van der Waals surface area contributed by atoms with E-state index in [-0.39, 0.29) is 60.3 Å². The number of rotatable bonds is 11. The number of halogens is 4. The highest BCUT2D eigenvalue weighted by atomic mass is 32.2. The van der Waals surface area contributed by atoms with Gasteiger partial charge in [-0.3, -0.25) is 14.3 Å². The van der Waals surface area contributed by atoms with Crippen molar-refractivity contribution in [2.45, 2.75) is 58.1 Å². The molecule has 1 saturated heterocycles. The van der Waals surface area contributed by atoms with Gasteiger partial charge in [0.2, 0.25) is 10.0 Å². The van der Waals surface area contributed by atoms with E-state index in [0.717, 1.165) is 24.5 Å². The van der Waals surface area contributed by atoms with Crippen molar-refractivity contribution in [1.29, 1.82) is 0 Å². The van der Waals surface area contributed by atoms with Crippen molar-refractivity contribution in [3.8, 4) is 11.3 Å². The summed E-state index contributed by atoms with van der Waals surface area (Å²) in [4.78, 5) is 26.8. The minimum Gasteiger partial charge on any atom is -0.466 e. The van der Waals surface area contributed by atoms with Crippen molar-refractivity contribution < 1.29 is 45.4 Å². The number of ether oxygens (including phenoxy) is 1. The zero-order chi connectivity index (χ0) is 35.5. The molecule has 2 N–H and O–H groups in total. The van der Waals surface area contributed by atoms with Crippen LogP contribution < -0.4 is 5.32 Å². The Morgan fingerprint density at radius 2 is 1.78 bits per heavy atom. The average molecular weight is 710 g/mol. The molecule has 266 valence electrons. The highest BCUT2D eigenvalue weighted by molar-refractivity contribution is 7.88. The van der Waals surface area contributed by atoms with Gasteiger partial charge in [-0.15, -0.1) is 0 Å². The number of aliphatic hydroxyl groups excluding tert-OH is 1. The molecule has 1 unspecified atom stereocenters. The van der Waals surface area contributed by atoms with Crippen LogP contribution in [-0.4, -0.2) is 89.5 Å². The smallest absolute Gasteiger partial charge is 0.416 e. The molecule has 0 bridgehead atoms. The largest absolute Gasteiger partial charge is 0.466 e. The third-order valence-electron chi connectivity index (χ3n) is 8.86. The summed E-state index contributed by atoms with van der Waals surface area (Å²) in [6.07, 6.45) is -3.06. The van der Waals surface area contributed by atoms with Crippen LogP contribution in [0.25, 0.3) is 11.3 Å². The van der Waals surface area contributed by atoms with Gasteiger partial charge in [0.05, 0.1) is 42.7 Å². The first-order chi connectivity index (χ1) is 23.1. The zero-order valence-electron chi connectivity index (χ0n) is 27.2. The third kappa shape index (κ3) is 8.84. The van der Waals surface area contributed by atoms with Gasteiger partial charge < -0.3 is 20.1 Å². The Balaban J connectivity index is 1.40. The van der Waals surface area contributed by atoms with Crippen LogP contribution in [0.4, 0.5) is 17.6 Å². The Morgan fingerprint density at radius 1 is 1.08 bits per heavy atom. The summed E-state index contributed by atoms with van der Waals surface area (Å²) in [6, 6.07) is 8.00. The van der Waals surface area contributed by atoms with Crippen LogP contribution in [-0.2, 0) is 51.8 Å². The maximum Gasteiger partial charge on any atom is 0.416 e. The minimum atomic E-state index is -4.74. The van der Waals surface area contributed by atoms with Gasteiger partial charge in [-0.1, -0.05) is 6.07 Å². The molecule has 1 amide bonds. The molecule has 5 rings (SSSR count). The standard InChI is InChI=1S/C33H39F4N5O6S/c1-3-48-32(45)22-10-13-40(14-11-22)18-26(43)19-42-29-12-15-41(49(2,46)47)20-27(29)30(39-42)23-6-9-28(33(35,36)37)24(16-23)17-38-31(44)21-4-7-25(34)8-5-21/h4-9,16,22,26,43H,3,10-15,17-20H2,1-2H3,(H,38,44). The number of fused-ring (bicyclic) bond motifs is 1. The van der Waals surface area contributed by atoms with Gasteiger partial charge in [0.25, 0.3) is 5.91 Å². The summed E-state index contributed by atoms with van der Waals surface area (Å²) in [5.74, 6) is -1.66. The number of esters is 1. The Hall–Kier alpha value is -3.86. The fourth-order valence-electron chi connectivity index (χ4n) is 6.34. The van der Waals surface area contributed by atoms with Crippen LogP contribution in [0.2, 0.25) is 0 Å². The number of nitrogens with zero attached hydrogens (tertiary/aromatic N) is 4. The first-order valence-corrected chi connectivity index (χ1v) is 17.8. The van der Waals surface area contributed by atoms with Gasteiger partial charge in [-0.2, -0.15) is 22.6 Å². The summed E-state index contributed by atoms with van der Waals surface area (Å²) in [5.41, 5.74) is 0.586. The SMILES string of the molecule is CCOC(=O)C1CCN(CC(O)Cn2nc(-c3ccc(C(F)(F)F)c(CNC(=O)c4ccc(F)cc4)c3)c3c2CCN(S(C)(=O)=O)C3)CC1. The lowest BCUT2D eigenvalue weighted by atomic mass is 9.97. The number of amides is 1. The maximum atomic E-state index is 14.1. The van der Waals surface area contributed by atoms with Gasteiger partial charge in [0.1, 0.15) is 5.82 Å². The van der Waals surface area contributed by atoms with Crippen molar-refractivity contribution >= 4 is 21.9 Å². The quantitative estimate of drug-likeness (QED) is 0.228. The lowest BCUT2D eigenvalue weighted by Crippen LogP contribution is -2.42. The van der Waals surface area contributed by atoms with Gasteiger partial charge >= 0.3 is 12.1 Å². The molecule has 1 atom stereocenters. The van der Waals surface area contributed by atoms with Crippen LogP contribution in [0.3, 0.4) is 0 Å². The van der Waals surface area contributed by atoms with Crippen LogP contribution in [0.15, 0.2) is 42.5 Å². The number of aromatic nitrogens is 2. The molecule has 0 spiro atoms. The summed E-state index contributed by atoms with van der Waals surface area (Å²) in [7, 11) is -3.61. The second kappa shape index (κ2) is 14.9. The van der Waals surface area contributed by atoms with Crippen LogP contribution in [0.5, 0.6) is 0 Å². The lowest BCUT2D eigenvalue weighted by molar-refractivity contribution is -0.149. The van der Waals surface area contributed by atoms with E-state index in [4.69, 9.17) is 9.84 Å². The fourth-order valence-corrected chi connectivity index (χ4v) is 7.13. The number of piperidine rings is 1. The Labute approximate surface area is 281 Å². The molecule has 0 radical (unpaired) electrons. The third-order valence-corrected chi connectivity index (χ3v) is 10.1. The molecule has 2 aromatic carbocycles. The van der Waals surface area contributed by atoms with E-state index < -0.39 is 46.1 Å². The second-order valence-corrected chi connectivity index (χ2v) is 14.3. The minimum absolute atomic E-state index is 0.0558. The number of β-amino-alcohol motifs (C(OH)–C–C–N with tert-alkyl or cyclic N) is 1. The summed E-state index contributed by atoms with van der Waals surface area (Å²) < 4.78 is 88.4. The summed E-state index contributed by atoms with van der Waals surface area (Å²) in [6.45, 7) is 3.24. The van der Waals surface area contributed by atoms with Crippen molar-refractivity contribution in [2.75, 3.05) is 39.0 Å². The molecule has 0 saturated carbocycles. The topological polar surface area (TPSA) is 134 Å². The Kier molecular flexibility index (Phi) is 11.1. The number of nitrogens with one attached hydrogen (secondary N) is 1. The van der Waals surface area contributed by atoms with E-state index in [1.807, 2.05) is 4.90 Å². The first kappa shape index (κ1) is 36.4. The van der Waals surface area contributed by atoms with Crippen molar-refractivity contribution in [3.05, 3.63) is 76.2 Å². The molecule has 1 fully saturated rings. The average Bonchev–Trinajstić information content (AvgIpc) is 3.40. The van der Waals surface area contributed by atoms with Crippen molar-refractivity contribution in [1.82, 2.24) is 24.3 Å². The molecule has 3 heterocycles. The lowest BCUT2D eigenvalue weighted by Gasteiger charge is -2.32. The maximum absolute atomic E-state index is 14.1. The van der Waals surface area contributed by atoms with Crippen LogP contribution in [0.1, 0.15) is 52.5 Å². The Bertz CT molecular complexity index is 1770. The molecule has 2 aliphatic heterocycles. The van der Waals surface area contributed by atoms with E-state index in [1.54, 1.807) is 11.6 Å². The number of hydrogen-bond donors (Lipinski definition) is 2. The van der Waals surface area contributed by atoms with Gasteiger partial charge in [0.15, 0.2) is 0 Å². The molecule has 16 heteroatoms. The number of hydrogen-bond acceptors (Lipinski definition) is 8. The zero-order valence-corrected chi connectivity index (χ0v) is 28.0. The number of benzene rings is 2. The predicted octanol–water partition coefficient (Wildman–Crippen LogP) is 3.59. The number of sulfonamides is 1. The molecular weight excluding hydrogens is 670 g/mol. The number of carbonyl (C=O) groups excluding carboxylic acids is 2. The van der Waals surface area contributed by atoms with E-state index in [1.165, 1.54) is 28.6 Å². The summed E-state index contributed by atoms with van der Waals surface area (Å²) in [5, 5.41) is 18.3. The molecule has 3 aromatic rings. The second-order valence-electron chi connectivity index (χ2n) is 12.3. The number of carbonyl (C=O) groups is 2. The number of likely N-dealkylation sites (tertiary alicyclic amines) is 1. The molecule has 11 nitrogen and oxygen atoms in total. The highest BCUT2D eigenvalue weighted by Gasteiger charge is 2.35. The van der Waals surface area contributed by atoms with Gasteiger partial charge in [-0.25, -0.2) is 12.8 Å². The molecule has 1 aromatic heterocycles. The predicted molar refractivity (Wildman–Crippen MR) is 171 cm³/mol. The monoisotopic (exact) mass is 709 g/mol. The van der Waals surface area contributed by atoms with Crippen LogP contribution in [0, 0.1) is 11.7 Å². The normalized spacial score (nSPS) is 17.0. The fraction of sp³-hybridized carbons (Fsp3) is 0.485. The number of alkyl halides is 3. The molecule has 0 aliphatic carbocycles. The number of aliphatic hydroxyl groups is 1. The van der Waals surface area contributed by atoms with Crippen molar-refractivity contribution in [3.63, 3.8) is 0 Å². The van der Waals surface area contributed by atoms with E-state index in [9.17, 15) is 40.7 Å². The highest BCUT2D eigenvalue weighted by Crippen LogP contribution is 2.37. The van der Waals surface area contributed by atoms with E-state index in [0.29, 0.717) is 50.3 Å². The first-order valence-electron chi connectivity index (χ1n) is 16.0. The summed E-state index contributed by atoms with van der Waals surface area (Å²) >= 11 is 0. The molecular formula is C33H39F4N5O6S. The van der Waals surface area contributed by atoms with Gasteiger partial charge in [0, 0.05) is 55.0 Å². The Morgan fingerprint density at radius 3 is 2.41 bits per heavy atom.